The van der Waals surface area contributed by atoms with E-state index < -0.39 is 11.9 Å². The summed E-state index contributed by atoms with van der Waals surface area (Å²) in [6, 6.07) is 3.32. The molecule has 0 radical (unpaired) electrons. The summed E-state index contributed by atoms with van der Waals surface area (Å²) in [7, 11) is 1.85. The molecule has 1 saturated heterocycles. The molecule has 1 aliphatic rings. The summed E-state index contributed by atoms with van der Waals surface area (Å²) in [6.45, 7) is 2.66. The van der Waals surface area contributed by atoms with Gasteiger partial charge in [0, 0.05) is 43.2 Å². The SMILES string of the molecule is Cc1nc(NC(=O)N2CCCC(C(=O)O)C2)ccc1-c1cnn(C)c1. The lowest BCUT2D eigenvalue weighted by molar-refractivity contribution is -0.143. The van der Waals surface area contributed by atoms with Crippen LogP contribution in [-0.2, 0) is 11.8 Å². The molecule has 2 N–H and O–H groups in total. The first-order valence-electron chi connectivity index (χ1n) is 8.19. The Hall–Kier alpha value is -2.90. The summed E-state index contributed by atoms with van der Waals surface area (Å²) in [6.07, 6.45) is 4.97. The summed E-state index contributed by atoms with van der Waals surface area (Å²) >= 11 is 0. The van der Waals surface area contributed by atoms with E-state index in [1.165, 1.54) is 4.90 Å². The Kier molecular flexibility index (Phi) is 4.69. The third-order valence-electron chi connectivity index (χ3n) is 4.39. The third kappa shape index (κ3) is 3.78. The van der Waals surface area contributed by atoms with Gasteiger partial charge in [-0.15, -0.1) is 0 Å². The van der Waals surface area contributed by atoms with Gasteiger partial charge in [-0.3, -0.25) is 14.8 Å². The molecule has 0 spiro atoms. The van der Waals surface area contributed by atoms with E-state index in [9.17, 15) is 9.59 Å². The highest BCUT2D eigenvalue weighted by molar-refractivity contribution is 5.89. The van der Waals surface area contributed by atoms with Gasteiger partial charge in [-0.2, -0.15) is 5.10 Å². The van der Waals surface area contributed by atoms with Crippen molar-refractivity contribution in [3.05, 3.63) is 30.2 Å². The fourth-order valence-electron chi connectivity index (χ4n) is 3.05. The Morgan fingerprint density at radius 2 is 2.16 bits per heavy atom. The summed E-state index contributed by atoms with van der Waals surface area (Å²) in [4.78, 5) is 29.5. The smallest absolute Gasteiger partial charge is 0.323 e. The van der Waals surface area contributed by atoms with E-state index in [2.05, 4.69) is 15.4 Å². The first-order chi connectivity index (χ1) is 11.9. The summed E-state index contributed by atoms with van der Waals surface area (Å²) < 4.78 is 1.72. The second kappa shape index (κ2) is 6.92. The predicted octanol–water partition coefficient (Wildman–Crippen LogP) is 2.12. The van der Waals surface area contributed by atoms with Crippen molar-refractivity contribution in [1.29, 1.82) is 0 Å². The highest BCUT2D eigenvalue weighted by Gasteiger charge is 2.28. The number of carboxylic acids is 1. The molecule has 1 fully saturated rings. The molecule has 2 aromatic rings. The van der Waals surface area contributed by atoms with Crippen LogP contribution in [0.15, 0.2) is 24.5 Å². The normalized spacial score (nSPS) is 17.4. The van der Waals surface area contributed by atoms with E-state index in [0.717, 1.165) is 16.8 Å². The van der Waals surface area contributed by atoms with Crippen LogP contribution < -0.4 is 5.32 Å². The van der Waals surface area contributed by atoms with E-state index >= 15 is 0 Å². The number of amides is 2. The molecule has 1 aliphatic heterocycles. The zero-order valence-corrected chi connectivity index (χ0v) is 14.3. The number of aryl methyl sites for hydroxylation is 2. The van der Waals surface area contributed by atoms with Crippen LogP contribution in [0.5, 0.6) is 0 Å². The average Bonchev–Trinajstić information content (AvgIpc) is 3.01. The monoisotopic (exact) mass is 343 g/mol. The number of nitrogens with one attached hydrogen (secondary N) is 1. The molecule has 25 heavy (non-hydrogen) atoms. The van der Waals surface area contributed by atoms with E-state index in [-0.39, 0.29) is 12.6 Å². The predicted molar refractivity (Wildman–Crippen MR) is 92.1 cm³/mol. The van der Waals surface area contributed by atoms with Gasteiger partial charge in [0.15, 0.2) is 0 Å². The number of likely N-dealkylation sites (tertiary alicyclic amines) is 1. The van der Waals surface area contributed by atoms with Gasteiger partial charge in [0.1, 0.15) is 5.82 Å². The van der Waals surface area contributed by atoms with Gasteiger partial charge in [-0.25, -0.2) is 9.78 Å². The molecule has 1 unspecified atom stereocenters. The standard InChI is InChI=1S/C17H21N5O3/c1-11-14(13-8-18-21(2)9-13)5-6-15(19-11)20-17(25)22-7-3-4-12(10-22)16(23)24/h5-6,8-9,12H,3-4,7,10H2,1-2H3,(H,23,24)(H,19,20,25). The molecule has 1 atom stereocenters. The highest BCUT2D eigenvalue weighted by Crippen LogP contribution is 2.23. The fraction of sp³-hybridized carbons (Fsp3) is 0.412. The number of carboxylic acid groups (broad SMARTS) is 1. The fourth-order valence-corrected chi connectivity index (χ4v) is 3.05. The van der Waals surface area contributed by atoms with Gasteiger partial charge in [-0.05, 0) is 31.9 Å². The molecule has 8 nitrogen and oxygen atoms in total. The second-order valence-corrected chi connectivity index (χ2v) is 6.29. The minimum Gasteiger partial charge on any atom is -0.481 e. The lowest BCUT2D eigenvalue weighted by Crippen LogP contribution is -2.44. The Morgan fingerprint density at radius 3 is 2.80 bits per heavy atom. The summed E-state index contributed by atoms with van der Waals surface area (Å²) in [5.41, 5.74) is 2.70. The topological polar surface area (TPSA) is 100 Å². The molecule has 8 heteroatoms. The van der Waals surface area contributed by atoms with Crippen LogP contribution in [0.3, 0.4) is 0 Å². The number of carbonyl (C=O) groups excluding carboxylic acids is 1. The Morgan fingerprint density at radius 1 is 1.36 bits per heavy atom. The van der Waals surface area contributed by atoms with Crippen LogP contribution in [0, 0.1) is 12.8 Å². The first-order valence-corrected chi connectivity index (χ1v) is 8.19. The van der Waals surface area contributed by atoms with Gasteiger partial charge in [-0.1, -0.05) is 0 Å². The number of rotatable bonds is 3. The van der Waals surface area contributed by atoms with E-state index in [1.807, 2.05) is 26.2 Å². The molecule has 0 bridgehead atoms. The maximum absolute atomic E-state index is 12.4. The van der Waals surface area contributed by atoms with Gasteiger partial charge in [0.2, 0.25) is 0 Å². The van der Waals surface area contributed by atoms with Crippen molar-refractivity contribution < 1.29 is 14.7 Å². The molecular weight excluding hydrogens is 322 g/mol. The van der Waals surface area contributed by atoms with Crippen molar-refractivity contribution in [2.45, 2.75) is 19.8 Å². The van der Waals surface area contributed by atoms with Crippen LogP contribution in [0.4, 0.5) is 10.6 Å². The molecule has 132 valence electrons. The molecule has 3 heterocycles. The highest BCUT2D eigenvalue weighted by atomic mass is 16.4. The number of urea groups is 1. The van der Waals surface area contributed by atoms with Gasteiger partial charge in [0.05, 0.1) is 12.1 Å². The van der Waals surface area contributed by atoms with Crippen LogP contribution >= 0.6 is 0 Å². The number of aromatic nitrogens is 3. The summed E-state index contributed by atoms with van der Waals surface area (Å²) in [5.74, 6) is -0.901. The van der Waals surface area contributed by atoms with Crippen molar-refractivity contribution in [3.8, 4) is 11.1 Å². The maximum atomic E-state index is 12.4. The van der Waals surface area contributed by atoms with Gasteiger partial charge >= 0.3 is 12.0 Å². The number of pyridine rings is 1. The minimum absolute atomic E-state index is 0.230. The van der Waals surface area contributed by atoms with Crippen LogP contribution in [-0.4, -0.2) is 49.9 Å². The number of piperidine rings is 1. The van der Waals surface area contributed by atoms with Gasteiger partial charge < -0.3 is 10.0 Å². The van der Waals surface area contributed by atoms with Crippen LogP contribution in [0.25, 0.3) is 11.1 Å². The largest absolute Gasteiger partial charge is 0.481 e. The quantitative estimate of drug-likeness (QED) is 0.889. The molecular formula is C17H21N5O3. The Balaban J connectivity index is 1.69. The Bertz CT molecular complexity index is 801. The number of aliphatic carboxylic acids is 1. The second-order valence-electron chi connectivity index (χ2n) is 6.29. The number of nitrogens with zero attached hydrogens (tertiary/aromatic N) is 4. The van der Waals surface area contributed by atoms with E-state index in [4.69, 9.17) is 5.11 Å². The minimum atomic E-state index is -0.854. The third-order valence-corrected chi connectivity index (χ3v) is 4.39. The lowest BCUT2D eigenvalue weighted by atomic mass is 9.99. The van der Waals surface area contributed by atoms with Crippen molar-refractivity contribution >= 4 is 17.8 Å². The number of hydrogen-bond acceptors (Lipinski definition) is 4. The van der Waals surface area contributed by atoms with Crippen molar-refractivity contribution in [1.82, 2.24) is 19.7 Å². The molecule has 0 aromatic carbocycles. The Labute approximate surface area is 145 Å². The number of carbonyl (C=O) groups is 2. The average molecular weight is 343 g/mol. The van der Waals surface area contributed by atoms with Crippen LogP contribution in [0.1, 0.15) is 18.5 Å². The zero-order valence-electron chi connectivity index (χ0n) is 14.3. The van der Waals surface area contributed by atoms with Crippen molar-refractivity contribution in [3.63, 3.8) is 0 Å². The molecule has 2 aromatic heterocycles. The summed E-state index contributed by atoms with van der Waals surface area (Å²) in [5, 5.41) is 16.0. The van der Waals surface area contributed by atoms with Crippen LogP contribution in [0.2, 0.25) is 0 Å². The van der Waals surface area contributed by atoms with E-state index in [1.54, 1.807) is 16.9 Å². The van der Waals surface area contributed by atoms with Gasteiger partial charge in [0.25, 0.3) is 0 Å². The number of hydrogen-bond donors (Lipinski definition) is 2. The van der Waals surface area contributed by atoms with E-state index in [0.29, 0.717) is 25.2 Å². The first kappa shape index (κ1) is 16.9. The number of anilines is 1. The molecule has 0 saturated carbocycles. The molecule has 2 amide bonds. The van der Waals surface area contributed by atoms with Crippen molar-refractivity contribution in [2.24, 2.45) is 13.0 Å². The molecule has 0 aliphatic carbocycles. The van der Waals surface area contributed by atoms with Crippen molar-refractivity contribution in [2.75, 3.05) is 18.4 Å². The molecule has 3 rings (SSSR count). The maximum Gasteiger partial charge on any atom is 0.323 e. The lowest BCUT2D eigenvalue weighted by Gasteiger charge is -2.30. The zero-order chi connectivity index (χ0) is 18.0.